The Labute approximate surface area is 185 Å². The molecule has 2 aromatic rings. The van der Waals surface area contributed by atoms with Crippen LogP contribution < -0.4 is 0 Å². The van der Waals surface area contributed by atoms with E-state index in [-0.39, 0.29) is 10.9 Å². The summed E-state index contributed by atoms with van der Waals surface area (Å²) in [6, 6.07) is 2.99. The van der Waals surface area contributed by atoms with Crippen molar-refractivity contribution in [3.05, 3.63) is 40.5 Å². The van der Waals surface area contributed by atoms with Crippen LogP contribution >= 0.6 is 11.3 Å². The summed E-state index contributed by atoms with van der Waals surface area (Å²) in [5.74, 6) is -0.267. The molecule has 1 atom stereocenters. The summed E-state index contributed by atoms with van der Waals surface area (Å²) in [5, 5.41) is 9.83. The fraction of sp³-hybridized carbons (Fsp3) is 0.550. The highest BCUT2D eigenvalue weighted by molar-refractivity contribution is 7.93. The molecule has 12 heteroatoms. The van der Waals surface area contributed by atoms with E-state index in [4.69, 9.17) is 0 Å². The Morgan fingerprint density at radius 2 is 1.50 bits per heavy atom. The molecule has 3 rings (SSSR count). The second kappa shape index (κ2) is 8.60. The minimum Gasteiger partial charge on any atom is -0.376 e. The van der Waals surface area contributed by atoms with Gasteiger partial charge in [0, 0.05) is 5.92 Å². The summed E-state index contributed by atoms with van der Waals surface area (Å²) in [6.45, 7) is 0.500. The molecule has 0 spiro atoms. The molecule has 0 saturated heterocycles. The molecule has 1 fully saturated rings. The normalized spacial score (nSPS) is 18.9. The van der Waals surface area contributed by atoms with E-state index in [0.29, 0.717) is 31.1 Å². The zero-order valence-corrected chi connectivity index (χ0v) is 18.6. The van der Waals surface area contributed by atoms with Crippen LogP contribution in [0.4, 0.5) is 26.3 Å². The number of aromatic nitrogens is 1. The van der Waals surface area contributed by atoms with E-state index in [9.17, 15) is 39.9 Å². The SMILES string of the molecule is CC(O)(c1ccc(S(=O)(=O)c2sc(C3CCCCCC3)nc2C(F)(F)F)cc1)C(F)(F)F. The first kappa shape index (κ1) is 25.0. The van der Waals surface area contributed by atoms with Gasteiger partial charge in [-0.05, 0) is 37.5 Å². The predicted molar refractivity (Wildman–Crippen MR) is 105 cm³/mol. The van der Waals surface area contributed by atoms with Crippen molar-refractivity contribution < 1.29 is 39.9 Å². The van der Waals surface area contributed by atoms with E-state index in [1.807, 2.05) is 0 Å². The number of hydrogen-bond acceptors (Lipinski definition) is 5. The molecule has 1 aliphatic carbocycles. The highest BCUT2D eigenvalue weighted by Crippen LogP contribution is 2.44. The lowest BCUT2D eigenvalue weighted by Crippen LogP contribution is -2.39. The monoisotopic (exact) mass is 501 g/mol. The van der Waals surface area contributed by atoms with Gasteiger partial charge in [-0.2, -0.15) is 26.3 Å². The summed E-state index contributed by atoms with van der Waals surface area (Å²) in [4.78, 5) is 3.04. The van der Waals surface area contributed by atoms with Crippen LogP contribution in [0.5, 0.6) is 0 Å². The number of alkyl halides is 6. The minimum atomic E-state index is -5.03. The predicted octanol–water partition coefficient (Wildman–Crippen LogP) is 6.20. The van der Waals surface area contributed by atoms with Crippen LogP contribution in [0.2, 0.25) is 0 Å². The highest BCUT2D eigenvalue weighted by Gasteiger charge is 2.51. The lowest BCUT2D eigenvalue weighted by Gasteiger charge is -2.26. The van der Waals surface area contributed by atoms with Crippen LogP contribution in [0.1, 0.15) is 67.6 Å². The van der Waals surface area contributed by atoms with Gasteiger partial charge in [0.2, 0.25) is 9.84 Å². The van der Waals surface area contributed by atoms with E-state index >= 15 is 0 Å². The number of aliphatic hydroxyl groups is 1. The van der Waals surface area contributed by atoms with Gasteiger partial charge in [0.15, 0.2) is 15.5 Å². The first-order valence-corrected chi connectivity index (χ1v) is 12.2. The highest BCUT2D eigenvalue weighted by atomic mass is 32.2. The Hall–Kier alpha value is -1.66. The van der Waals surface area contributed by atoms with Crippen LogP contribution in [-0.2, 0) is 21.6 Å². The van der Waals surface area contributed by atoms with Gasteiger partial charge in [0.05, 0.1) is 9.90 Å². The van der Waals surface area contributed by atoms with E-state index in [0.717, 1.165) is 49.9 Å². The Balaban J connectivity index is 2.04. The van der Waals surface area contributed by atoms with Gasteiger partial charge in [0.25, 0.3) is 0 Å². The van der Waals surface area contributed by atoms with E-state index in [1.54, 1.807) is 0 Å². The van der Waals surface area contributed by atoms with Crippen molar-refractivity contribution in [1.29, 1.82) is 0 Å². The Bertz CT molecular complexity index is 1050. The molecule has 1 aromatic heterocycles. The molecule has 0 aliphatic heterocycles. The van der Waals surface area contributed by atoms with Crippen molar-refractivity contribution in [2.75, 3.05) is 0 Å². The fourth-order valence-electron chi connectivity index (χ4n) is 3.61. The molecular weight excluding hydrogens is 480 g/mol. The Kier molecular flexibility index (Phi) is 6.71. The average molecular weight is 502 g/mol. The smallest absolute Gasteiger partial charge is 0.376 e. The lowest BCUT2D eigenvalue weighted by molar-refractivity contribution is -0.258. The molecule has 1 heterocycles. The third-order valence-corrected chi connectivity index (χ3v) is 9.10. The number of rotatable bonds is 4. The largest absolute Gasteiger partial charge is 0.435 e. The van der Waals surface area contributed by atoms with Crippen molar-refractivity contribution in [1.82, 2.24) is 4.98 Å². The Morgan fingerprint density at radius 1 is 0.969 bits per heavy atom. The van der Waals surface area contributed by atoms with Crippen molar-refractivity contribution in [2.24, 2.45) is 0 Å². The standard InChI is InChI=1S/C20H21F6NO3S2/c1-18(28,20(24,25)26)13-8-10-14(11-9-13)32(29,30)17-15(19(21,22)23)27-16(31-17)12-6-4-2-3-5-7-12/h8-12,28H,2-7H2,1H3. The summed E-state index contributed by atoms with van der Waals surface area (Å²) in [6.07, 6.45) is -5.27. The maximum absolute atomic E-state index is 13.6. The van der Waals surface area contributed by atoms with Gasteiger partial charge in [-0.25, -0.2) is 13.4 Å². The summed E-state index contributed by atoms with van der Waals surface area (Å²) >= 11 is 0.469. The Morgan fingerprint density at radius 3 is 1.97 bits per heavy atom. The molecule has 0 amide bonds. The quantitative estimate of drug-likeness (QED) is 0.400. The summed E-state index contributed by atoms with van der Waals surface area (Å²) in [5.41, 5.74) is -5.39. The number of halogens is 6. The van der Waals surface area contributed by atoms with Gasteiger partial charge in [0.1, 0.15) is 0 Å². The molecule has 0 radical (unpaired) electrons. The first-order chi connectivity index (χ1) is 14.7. The number of benzene rings is 1. The molecule has 1 aliphatic rings. The van der Waals surface area contributed by atoms with Gasteiger partial charge in [-0.3, -0.25) is 0 Å². The molecule has 1 unspecified atom stereocenters. The van der Waals surface area contributed by atoms with Crippen molar-refractivity contribution >= 4 is 21.2 Å². The third-order valence-electron chi connectivity index (χ3n) is 5.61. The van der Waals surface area contributed by atoms with Crippen molar-refractivity contribution in [3.8, 4) is 0 Å². The third kappa shape index (κ3) is 4.81. The molecule has 0 bridgehead atoms. The molecule has 32 heavy (non-hydrogen) atoms. The van der Waals surface area contributed by atoms with Crippen LogP contribution in [0.3, 0.4) is 0 Å². The molecule has 1 N–H and O–H groups in total. The molecule has 178 valence electrons. The average Bonchev–Trinajstić information content (AvgIpc) is 2.99. The van der Waals surface area contributed by atoms with E-state index in [1.165, 1.54) is 0 Å². The lowest BCUT2D eigenvalue weighted by atomic mass is 9.96. The molecule has 4 nitrogen and oxygen atoms in total. The molecular formula is C20H21F6NO3S2. The zero-order valence-electron chi connectivity index (χ0n) is 16.9. The van der Waals surface area contributed by atoms with Gasteiger partial charge in [-0.1, -0.05) is 37.8 Å². The van der Waals surface area contributed by atoms with Crippen LogP contribution in [-0.4, -0.2) is 24.7 Å². The van der Waals surface area contributed by atoms with Crippen LogP contribution in [0.25, 0.3) is 0 Å². The number of nitrogens with zero attached hydrogens (tertiary/aromatic N) is 1. The molecule has 1 saturated carbocycles. The van der Waals surface area contributed by atoms with Crippen LogP contribution in [0.15, 0.2) is 33.4 Å². The van der Waals surface area contributed by atoms with Crippen LogP contribution in [0, 0.1) is 0 Å². The van der Waals surface area contributed by atoms with Gasteiger partial charge >= 0.3 is 12.4 Å². The summed E-state index contributed by atoms with van der Waals surface area (Å²) in [7, 11) is -4.70. The fourth-order valence-corrected chi connectivity index (χ4v) is 6.71. The summed E-state index contributed by atoms with van der Waals surface area (Å²) < 4.78 is 105. The first-order valence-electron chi connectivity index (χ1n) is 9.88. The number of hydrogen-bond donors (Lipinski definition) is 1. The van der Waals surface area contributed by atoms with E-state index < -0.39 is 48.2 Å². The van der Waals surface area contributed by atoms with Gasteiger partial charge in [-0.15, -0.1) is 11.3 Å². The number of thiazole rings is 1. The second-order valence-electron chi connectivity index (χ2n) is 7.97. The number of sulfone groups is 1. The molecule has 1 aromatic carbocycles. The van der Waals surface area contributed by atoms with Crippen molar-refractivity contribution in [2.45, 2.75) is 78.4 Å². The topological polar surface area (TPSA) is 67.3 Å². The maximum Gasteiger partial charge on any atom is 0.435 e. The minimum absolute atomic E-state index is 0.106. The van der Waals surface area contributed by atoms with E-state index in [2.05, 4.69) is 4.98 Å². The maximum atomic E-state index is 13.6. The second-order valence-corrected chi connectivity index (χ2v) is 11.1. The zero-order chi connectivity index (χ0) is 23.9. The van der Waals surface area contributed by atoms with Crippen molar-refractivity contribution in [3.63, 3.8) is 0 Å². The van der Waals surface area contributed by atoms with Gasteiger partial charge < -0.3 is 5.11 Å².